The Morgan fingerprint density at radius 3 is 1.10 bits per heavy atom. The first kappa shape index (κ1) is 67.4. The third-order valence-electron chi connectivity index (χ3n) is 11.7. The number of benzene rings is 3. The first-order valence-corrected chi connectivity index (χ1v) is 30.8. The van der Waals surface area contributed by atoms with Gasteiger partial charge in [0.2, 0.25) is 0 Å². The molecule has 0 atom stereocenters. The van der Waals surface area contributed by atoms with Crippen molar-refractivity contribution in [3.05, 3.63) is 160 Å². The zero-order valence-corrected chi connectivity index (χ0v) is 53.5. The quantitative estimate of drug-likeness (QED) is 0.0386. The molecule has 0 spiro atoms. The number of nitrogens with zero attached hydrogens (tertiary/aromatic N) is 6. The molecule has 0 saturated heterocycles. The highest BCUT2D eigenvalue weighted by atomic mass is 32.1. The topological polar surface area (TPSA) is 355 Å². The number of thiazole rings is 3. The number of nitrogen functional groups attached to an aromatic ring is 1. The zero-order chi connectivity index (χ0) is 65.2. The van der Waals surface area contributed by atoms with Crippen molar-refractivity contribution in [1.82, 2.24) is 61.8 Å². The lowest BCUT2D eigenvalue weighted by molar-refractivity contribution is 0.0634. The number of hydrogen-bond acceptors (Lipinski definition) is 20. The Morgan fingerprint density at radius 2 is 0.767 bits per heavy atom. The van der Waals surface area contributed by atoms with Crippen molar-refractivity contribution < 1.29 is 47.8 Å². The number of ether oxygens (including phenoxy) is 2. The molecular weight excluding hydrogens is 1210 g/mol. The Hall–Kier alpha value is -10.1. The minimum absolute atomic E-state index is 0.00329. The molecule has 0 bridgehead atoms. The van der Waals surface area contributed by atoms with Crippen LogP contribution in [0.5, 0.6) is 0 Å². The van der Waals surface area contributed by atoms with Crippen LogP contribution in [-0.2, 0) is 29.1 Å². The van der Waals surface area contributed by atoms with Crippen LogP contribution in [0.4, 0.5) is 25.0 Å². The van der Waals surface area contributed by atoms with E-state index in [9.17, 15) is 38.4 Å². The molecule has 90 heavy (non-hydrogen) atoms. The molecule has 8 amide bonds. The number of fused-ring (bicyclic) bond motifs is 3. The van der Waals surface area contributed by atoms with Gasteiger partial charge in [-0.3, -0.25) is 39.4 Å². The molecule has 6 heterocycles. The number of nitrogens with one attached hydrogen (secondary N) is 8. The van der Waals surface area contributed by atoms with E-state index in [-0.39, 0.29) is 107 Å². The van der Waals surface area contributed by atoms with E-state index in [0.29, 0.717) is 33.0 Å². The van der Waals surface area contributed by atoms with Crippen molar-refractivity contribution in [3.8, 4) is 0 Å². The smallest absolute Gasteiger partial charge is 0.413 e. The maximum absolute atomic E-state index is 12.5. The fourth-order valence-electron chi connectivity index (χ4n) is 7.91. The largest absolute Gasteiger partial charge is 0.450 e. The van der Waals surface area contributed by atoms with Crippen LogP contribution in [0, 0.1) is 0 Å². The molecule has 0 aliphatic heterocycles. The van der Waals surface area contributed by atoms with Gasteiger partial charge < -0.3 is 47.1 Å². The van der Waals surface area contributed by atoms with E-state index >= 15 is 0 Å². The molecule has 0 aliphatic carbocycles. The second-order valence-electron chi connectivity index (χ2n) is 21.6. The summed E-state index contributed by atoms with van der Waals surface area (Å²) in [4.78, 5) is 123. The van der Waals surface area contributed by atoms with Gasteiger partial charge in [0.15, 0.2) is 15.4 Å². The fourth-order valence-corrected chi connectivity index (χ4v) is 10.3. The van der Waals surface area contributed by atoms with Gasteiger partial charge in [-0.05, 0) is 159 Å². The predicted octanol–water partition coefficient (Wildman–Crippen LogP) is 9.78. The normalized spacial score (nSPS) is 11.0. The maximum atomic E-state index is 12.5. The Morgan fingerprint density at radius 1 is 0.444 bits per heavy atom. The molecule has 6 aromatic heterocycles. The van der Waals surface area contributed by atoms with Crippen LogP contribution in [0.25, 0.3) is 30.6 Å². The van der Waals surface area contributed by atoms with Crippen LogP contribution < -0.4 is 48.3 Å². The Labute approximate surface area is 530 Å². The highest BCUT2D eigenvalue weighted by Gasteiger charge is 2.20. The minimum atomic E-state index is -0.598. The van der Waals surface area contributed by atoms with Crippen molar-refractivity contribution in [3.63, 3.8) is 0 Å². The molecule has 0 unspecified atom stereocenters. The molecular formula is C62H69N15O10S3. The van der Waals surface area contributed by atoms with Gasteiger partial charge in [-0.1, -0.05) is 70.4 Å². The number of carbonyl (C=O) groups is 8. The van der Waals surface area contributed by atoms with Crippen molar-refractivity contribution in [2.45, 2.75) is 113 Å². The van der Waals surface area contributed by atoms with Gasteiger partial charge in [-0.2, -0.15) is 0 Å². The van der Waals surface area contributed by atoms with Gasteiger partial charge in [0.1, 0.15) is 39.8 Å². The van der Waals surface area contributed by atoms with E-state index in [1.165, 1.54) is 34.0 Å². The number of carbonyl (C=O) groups excluding carboxylic acids is 8. The molecule has 0 radical (unpaired) electrons. The second-order valence-corrected chi connectivity index (χ2v) is 24.7. The maximum Gasteiger partial charge on any atom is 0.413 e. The number of rotatable bonds is 18. The van der Waals surface area contributed by atoms with E-state index in [1.54, 1.807) is 82.3 Å². The zero-order valence-electron chi connectivity index (χ0n) is 51.0. The SMILES string of the molecule is CC(C)NC(=O)c1cccc(C(=O)NCc2ccc3sc(N)nc3c2)n1.CC(C)NC(=O)c1cccc(C(=O)NCc2ccc3sc(NC(=O)OC(C)(C)C)nc3c2)n1.CCOC(=O)Nc1nc2cc(CNC(=O)c3cccc(C(=O)NC(C)C)n3)ccc2s1. The number of hydrogen-bond donors (Lipinski definition) is 9. The number of aromatic nitrogens is 6. The summed E-state index contributed by atoms with van der Waals surface area (Å²) in [5.74, 6) is -2.08. The Balaban J connectivity index is 0.000000193. The average Bonchev–Trinajstić information content (AvgIpc) is 1.96. The summed E-state index contributed by atoms with van der Waals surface area (Å²) in [5, 5.41) is 23.3. The van der Waals surface area contributed by atoms with Crippen LogP contribution in [0.1, 0.15) is 149 Å². The molecule has 0 saturated carbocycles. The average molecular weight is 1280 g/mol. The summed E-state index contributed by atoms with van der Waals surface area (Å²) in [6.45, 7) is 19.3. The molecule has 25 nitrogen and oxygen atoms in total. The summed E-state index contributed by atoms with van der Waals surface area (Å²) >= 11 is 4.08. The van der Waals surface area contributed by atoms with Crippen LogP contribution in [0.2, 0.25) is 0 Å². The molecule has 470 valence electrons. The highest BCUT2D eigenvalue weighted by Crippen LogP contribution is 2.29. The monoisotopic (exact) mass is 1280 g/mol. The summed E-state index contributed by atoms with van der Waals surface area (Å²) in [6, 6.07) is 31.1. The molecule has 10 N–H and O–H groups in total. The van der Waals surface area contributed by atoms with Crippen LogP contribution in [0.15, 0.2) is 109 Å². The molecule has 3 aromatic carbocycles. The summed E-state index contributed by atoms with van der Waals surface area (Å²) < 4.78 is 12.9. The third kappa shape index (κ3) is 20.5. The summed E-state index contributed by atoms with van der Waals surface area (Å²) in [6.07, 6.45) is -1.11. The van der Waals surface area contributed by atoms with E-state index < -0.39 is 17.8 Å². The van der Waals surface area contributed by atoms with E-state index in [2.05, 4.69) is 72.4 Å². The predicted molar refractivity (Wildman–Crippen MR) is 348 cm³/mol. The van der Waals surface area contributed by atoms with Crippen molar-refractivity contribution in [2.75, 3.05) is 23.0 Å². The molecule has 9 aromatic rings. The Bertz CT molecular complexity index is 4080. The molecule has 0 fully saturated rings. The number of nitrogens with two attached hydrogens (primary N) is 1. The number of amides is 8. The van der Waals surface area contributed by atoms with E-state index in [1.807, 2.05) is 96.1 Å². The van der Waals surface area contributed by atoms with Crippen LogP contribution >= 0.6 is 34.0 Å². The second kappa shape index (κ2) is 31.2. The standard InChI is InChI=1S/C23H27N5O4S.C21H23N5O4S.C18H19N5O2S/c1-13(2)25-20(30)16-8-6-7-15(26-16)19(29)24-12-14-9-10-18-17(11-14)27-21(33-18)28-22(31)32-23(3,4)5;1-4-30-21(29)26-20-25-16-10-13(8-9-17(16)31-20)11-22-18(27)14-6-5-7-15(24-14)19(28)23-12(2)3;1-10(2)21-17(25)13-5-3-4-12(22-13)16(24)20-9-11-6-7-15-14(8-11)23-18(19)26-15/h6-11,13H,12H2,1-5H3,(H,24,29)(H,25,30)(H,27,28,31);5-10,12H,4,11H2,1-3H3,(H,22,27)(H,23,28)(H,25,26,29);3-8,10H,9H2,1-2H3,(H2,19,23)(H,20,24)(H,21,25). The van der Waals surface area contributed by atoms with Gasteiger partial charge in [0, 0.05) is 37.8 Å². The van der Waals surface area contributed by atoms with Crippen LogP contribution in [0.3, 0.4) is 0 Å². The van der Waals surface area contributed by atoms with E-state index in [0.717, 1.165) is 36.3 Å². The Kier molecular flexibility index (Phi) is 23.4. The van der Waals surface area contributed by atoms with Gasteiger partial charge in [-0.15, -0.1) is 0 Å². The molecule has 0 aliphatic rings. The molecule has 9 rings (SSSR count). The number of pyridine rings is 3. The van der Waals surface area contributed by atoms with E-state index in [4.69, 9.17) is 15.2 Å². The first-order chi connectivity index (χ1) is 42.8. The van der Waals surface area contributed by atoms with Gasteiger partial charge in [0.25, 0.3) is 35.4 Å². The fraction of sp³-hybridized carbons (Fsp3) is 0.290. The summed E-state index contributed by atoms with van der Waals surface area (Å²) in [7, 11) is 0. The van der Waals surface area contributed by atoms with Crippen molar-refractivity contribution >= 4 is 128 Å². The lowest BCUT2D eigenvalue weighted by Gasteiger charge is -2.18. The van der Waals surface area contributed by atoms with Gasteiger partial charge >= 0.3 is 12.2 Å². The first-order valence-electron chi connectivity index (χ1n) is 28.3. The number of anilines is 3. The third-order valence-corrected chi connectivity index (χ3v) is 14.5. The van der Waals surface area contributed by atoms with Gasteiger partial charge in [-0.25, -0.2) is 39.5 Å². The lowest BCUT2D eigenvalue weighted by Crippen LogP contribution is -2.31. The lowest BCUT2D eigenvalue weighted by atomic mass is 10.2. The van der Waals surface area contributed by atoms with Crippen molar-refractivity contribution in [2.24, 2.45) is 0 Å². The molecule has 28 heteroatoms. The van der Waals surface area contributed by atoms with Crippen LogP contribution in [-0.4, -0.2) is 108 Å². The van der Waals surface area contributed by atoms with Crippen molar-refractivity contribution in [1.29, 1.82) is 0 Å². The minimum Gasteiger partial charge on any atom is -0.450 e. The summed E-state index contributed by atoms with van der Waals surface area (Å²) in [5.41, 5.74) is 11.0. The highest BCUT2D eigenvalue weighted by molar-refractivity contribution is 7.23. The van der Waals surface area contributed by atoms with Gasteiger partial charge in [0.05, 0.1) is 37.3 Å².